The highest BCUT2D eigenvalue weighted by molar-refractivity contribution is 8.01. The molecule has 1 aliphatic rings. The van der Waals surface area contributed by atoms with Crippen LogP contribution in [0.5, 0.6) is 11.5 Å². The molecule has 7 heteroatoms. The third kappa shape index (κ3) is 3.63. The number of fused-ring (bicyclic) bond motifs is 1. The second kappa shape index (κ2) is 8.20. The van der Waals surface area contributed by atoms with Gasteiger partial charge >= 0.3 is 0 Å². The summed E-state index contributed by atoms with van der Waals surface area (Å²) in [7, 11) is 3.18. The van der Waals surface area contributed by atoms with E-state index in [-0.39, 0.29) is 17.8 Å². The van der Waals surface area contributed by atoms with Crippen molar-refractivity contribution in [2.24, 2.45) is 0 Å². The Balaban J connectivity index is 2.17. The van der Waals surface area contributed by atoms with Crippen molar-refractivity contribution in [3.8, 4) is 11.5 Å². The highest BCUT2D eigenvalue weighted by atomic mass is 35.5. The van der Waals surface area contributed by atoms with E-state index in [2.05, 4.69) is 5.32 Å². The van der Waals surface area contributed by atoms with Gasteiger partial charge in [-0.25, -0.2) is 0 Å². The highest BCUT2D eigenvalue weighted by Crippen LogP contribution is 2.49. The van der Waals surface area contributed by atoms with Gasteiger partial charge in [-0.05, 0) is 36.2 Å². The molecule has 26 heavy (non-hydrogen) atoms. The lowest BCUT2D eigenvalue weighted by molar-refractivity contribution is -0.115. The summed E-state index contributed by atoms with van der Waals surface area (Å²) in [6.07, 6.45) is 0.362. The van der Waals surface area contributed by atoms with Gasteiger partial charge in [0.25, 0.3) is 0 Å². The molecule has 0 saturated heterocycles. The maximum Gasteiger partial charge on any atom is 0.237 e. The normalized spacial score (nSPS) is 19.3. The quantitative estimate of drug-likeness (QED) is 0.806. The topological polar surface area (TPSA) is 67.8 Å². The number of aliphatic hydroxyl groups is 1. The number of carbonyl (C=O) groups is 1. The zero-order chi connectivity index (χ0) is 18.7. The van der Waals surface area contributed by atoms with E-state index in [0.717, 1.165) is 11.1 Å². The minimum Gasteiger partial charge on any atom is -0.493 e. The summed E-state index contributed by atoms with van der Waals surface area (Å²) in [6, 6.07) is 11.1. The Kier molecular flexibility index (Phi) is 5.96. The molecule has 2 N–H and O–H groups in total. The second-order valence-corrected chi connectivity index (χ2v) is 7.57. The standard InChI is InChI=1S/C19H20ClNO4S/c1-24-15-5-3-4-12(17(15)25-2)18-13-10-11(20)6-7-14(13)21-19(23)16(26-18)8-9-22/h3-7,10,16,18,22H,8-9H2,1-2H3,(H,21,23)/t16-,18-/m0/s1. The third-order valence-corrected chi connectivity index (χ3v) is 6.05. The molecule has 2 aromatic carbocycles. The number of aliphatic hydroxyl groups excluding tert-OH is 1. The fourth-order valence-electron chi connectivity index (χ4n) is 3.05. The SMILES string of the molecule is COc1cccc([C@@H]2S[C@@H](CCO)C(=O)Nc3ccc(Cl)cc32)c1OC. The monoisotopic (exact) mass is 393 g/mol. The largest absolute Gasteiger partial charge is 0.493 e. The first-order valence-corrected chi connectivity index (χ1v) is 9.48. The molecule has 0 bridgehead atoms. The van der Waals surface area contributed by atoms with Crippen molar-refractivity contribution in [1.82, 2.24) is 0 Å². The van der Waals surface area contributed by atoms with Gasteiger partial charge < -0.3 is 19.9 Å². The van der Waals surface area contributed by atoms with Gasteiger partial charge in [-0.3, -0.25) is 4.79 Å². The fraction of sp³-hybridized carbons (Fsp3) is 0.316. The Bertz CT molecular complexity index is 814. The van der Waals surface area contributed by atoms with Gasteiger partial charge in [0.05, 0.1) is 24.7 Å². The van der Waals surface area contributed by atoms with Crippen LogP contribution in [-0.4, -0.2) is 37.1 Å². The number of ether oxygens (including phenoxy) is 2. The molecule has 0 unspecified atom stereocenters. The number of methoxy groups -OCH3 is 2. The summed E-state index contributed by atoms with van der Waals surface area (Å²) in [5, 5.41) is 12.3. The van der Waals surface area contributed by atoms with Crippen LogP contribution in [-0.2, 0) is 4.79 Å². The summed E-state index contributed by atoms with van der Waals surface area (Å²) in [4.78, 5) is 12.6. The van der Waals surface area contributed by atoms with E-state index >= 15 is 0 Å². The molecule has 138 valence electrons. The summed E-state index contributed by atoms with van der Waals surface area (Å²) in [5.74, 6) is 1.11. The first-order chi connectivity index (χ1) is 12.6. The summed E-state index contributed by atoms with van der Waals surface area (Å²) in [5.41, 5.74) is 2.49. The van der Waals surface area contributed by atoms with Crippen LogP contribution in [0.25, 0.3) is 0 Å². The van der Waals surface area contributed by atoms with E-state index in [4.69, 9.17) is 21.1 Å². The Labute approximate surface area is 161 Å². The highest BCUT2D eigenvalue weighted by Gasteiger charge is 2.33. The van der Waals surface area contributed by atoms with E-state index in [9.17, 15) is 9.90 Å². The molecule has 2 atom stereocenters. The van der Waals surface area contributed by atoms with E-state index < -0.39 is 5.25 Å². The van der Waals surface area contributed by atoms with E-state index in [1.165, 1.54) is 11.8 Å². The number of para-hydroxylation sites is 1. The number of thioether (sulfide) groups is 1. The summed E-state index contributed by atoms with van der Waals surface area (Å²) in [6.45, 7) is -0.0653. The Morgan fingerprint density at radius 1 is 1.19 bits per heavy atom. The van der Waals surface area contributed by atoms with Crippen LogP contribution < -0.4 is 14.8 Å². The van der Waals surface area contributed by atoms with E-state index in [1.807, 2.05) is 24.3 Å². The van der Waals surface area contributed by atoms with Crippen molar-refractivity contribution >= 4 is 35.0 Å². The average molecular weight is 394 g/mol. The minimum absolute atomic E-state index is 0.0653. The second-order valence-electron chi connectivity index (χ2n) is 5.82. The van der Waals surface area contributed by atoms with Crippen LogP contribution in [0.4, 0.5) is 5.69 Å². The van der Waals surface area contributed by atoms with E-state index in [0.29, 0.717) is 28.6 Å². The zero-order valence-corrected chi connectivity index (χ0v) is 16.1. The van der Waals surface area contributed by atoms with Gasteiger partial charge in [-0.1, -0.05) is 23.7 Å². The van der Waals surface area contributed by atoms with Gasteiger partial charge in [0.2, 0.25) is 5.91 Å². The maximum absolute atomic E-state index is 12.6. The van der Waals surface area contributed by atoms with Crippen LogP contribution in [0.3, 0.4) is 0 Å². The number of hydrogen-bond acceptors (Lipinski definition) is 5. The Hall–Kier alpha value is -1.89. The number of anilines is 1. The molecular weight excluding hydrogens is 374 g/mol. The molecular formula is C19H20ClNO4S. The van der Waals surface area contributed by atoms with Gasteiger partial charge in [0.1, 0.15) is 0 Å². The van der Waals surface area contributed by atoms with Gasteiger partial charge in [-0.15, -0.1) is 11.8 Å². The zero-order valence-electron chi connectivity index (χ0n) is 14.5. The van der Waals surface area contributed by atoms with Gasteiger partial charge in [0, 0.05) is 22.9 Å². The van der Waals surface area contributed by atoms with Crippen molar-refractivity contribution in [2.45, 2.75) is 16.9 Å². The Morgan fingerprint density at radius 2 is 2.00 bits per heavy atom. The molecule has 5 nitrogen and oxygen atoms in total. The minimum atomic E-state index is -0.396. The van der Waals surface area contributed by atoms with Crippen LogP contribution in [0.1, 0.15) is 22.8 Å². The first kappa shape index (κ1) is 18.9. The molecule has 1 amide bonds. The lowest BCUT2D eigenvalue weighted by Crippen LogP contribution is -2.25. The molecule has 1 aliphatic heterocycles. The molecule has 0 aliphatic carbocycles. The number of amides is 1. The number of nitrogens with one attached hydrogen (secondary N) is 1. The van der Waals surface area contributed by atoms with Crippen molar-refractivity contribution in [3.63, 3.8) is 0 Å². The molecule has 0 aromatic heterocycles. The molecule has 0 fully saturated rings. The van der Waals surface area contributed by atoms with Crippen molar-refractivity contribution < 1.29 is 19.4 Å². The van der Waals surface area contributed by atoms with E-state index in [1.54, 1.807) is 26.4 Å². The van der Waals surface area contributed by atoms with Crippen molar-refractivity contribution in [2.75, 3.05) is 26.1 Å². The fourth-order valence-corrected chi connectivity index (χ4v) is 4.66. The summed E-state index contributed by atoms with van der Waals surface area (Å²) >= 11 is 7.70. The molecule has 0 saturated carbocycles. The number of carbonyl (C=O) groups excluding carboxylic acids is 1. The van der Waals surface area contributed by atoms with Crippen LogP contribution >= 0.6 is 23.4 Å². The summed E-state index contributed by atoms with van der Waals surface area (Å²) < 4.78 is 11.0. The van der Waals surface area contributed by atoms with Gasteiger partial charge in [0.15, 0.2) is 11.5 Å². The van der Waals surface area contributed by atoms with Crippen molar-refractivity contribution in [3.05, 3.63) is 52.5 Å². The smallest absolute Gasteiger partial charge is 0.237 e. The molecule has 0 radical (unpaired) electrons. The number of rotatable bonds is 5. The molecule has 1 heterocycles. The molecule has 3 rings (SSSR count). The average Bonchev–Trinajstić information content (AvgIpc) is 2.78. The van der Waals surface area contributed by atoms with Gasteiger partial charge in [-0.2, -0.15) is 0 Å². The predicted molar refractivity (Wildman–Crippen MR) is 105 cm³/mol. The van der Waals surface area contributed by atoms with Crippen LogP contribution in [0, 0.1) is 0 Å². The Morgan fingerprint density at radius 3 is 2.69 bits per heavy atom. The van der Waals surface area contributed by atoms with Crippen LogP contribution in [0.2, 0.25) is 5.02 Å². The lowest BCUT2D eigenvalue weighted by atomic mass is 10.0. The maximum atomic E-state index is 12.6. The number of halogens is 1. The predicted octanol–water partition coefficient (Wildman–Crippen LogP) is 3.88. The number of benzene rings is 2. The first-order valence-electron chi connectivity index (χ1n) is 8.16. The molecule has 0 spiro atoms. The lowest BCUT2D eigenvalue weighted by Gasteiger charge is -2.23. The van der Waals surface area contributed by atoms with Crippen LogP contribution in [0.15, 0.2) is 36.4 Å². The number of hydrogen-bond donors (Lipinski definition) is 2. The molecule has 2 aromatic rings. The van der Waals surface area contributed by atoms with Crippen molar-refractivity contribution in [1.29, 1.82) is 0 Å². The third-order valence-electron chi connectivity index (χ3n) is 4.25.